The number of carbonyl (C=O) groups excluding carboxylic acids is 2. The molecular formula is C25H29N3O3. The van der Waals surface area contributed by atoms with Gasteiger partial charge in [0.05, 0.1) is 7.11 Å². The van der Waals surface area contributed by atoms with Crippen LogP contribution in [0.1, 0.15) is 49.7 Å². The van der Waals surface area contributed by atoms with E-state index in [-0.39, 0.29) is 18.4 Å². The maximum absolute atomic E-state index is 13.5. The van der Waals surface area contributed by atoms with Crippen molar-refractivity contribution in [3.8, 4) is 5.75 Å². The fourth-order valence-electron chi connectivity index (χ4n) is 4.53. The summed E-state index contributed by atoms with van der Waals surface area (Å²) in [4.78, 5) is 33.0. The number of aliphatic imine (C=N–C) groups is 1. The third-order valence-electron chi connectivity index (χ3n) is 6.14. The van der Waals surface area contributed by atoms with Gasteiger partial charge in [-0.25, -0.2) is 0 Å². The first-order valence-electron chi connectivity index (χ1n) is 10.9. The first-order valence-corrected chi connectivity index (χ1v) is 10.9. The normalized spacial score (nSPS) is 17.9. The van der Waals surface area contributed by atoms with E-state index in [4.69, 9.17) is 9.73 Å². The molecule has 1 fully saturated rings. The summed E-state index contributed by atoms with van der Waals surface area (Å²) >= 11 is 0. The molecule has 6 nitrogen and oxygen atoms in total. The standard InChI is InChI=1S/C25H29N3O3/c1-18-8-7-9-20(16-18)26-22(29)17-28-24(30)23(19-10-12-21(31-2)13-11-19)27-25(28)14-5-3-4-6-15-25/h7-13,16H,3-6,14-15,17H2,1-2H3,(H,26,29). The molecule has 1 N–H and O–H groups in total. The van der Waals surface area contributed by atoms with Crippen LogP contribution in [-0.2, 0) is 9.59 Å². The van der Waals surface area contributed by atoms with Gasteiger partial charge in [-0.15, -0.1) is 0 Å². The number of nitrogens with zero attached hydrogens (tertiary/aromatic N) is 2. The number of rotatable bonds is 5. The lowest BCUT2D eigenvalue weighted by molar-refractivity contribution is -0.133. The Morgan fingerprint density at radius 2 is 1.81 bits per heavy atom. The zero-order valence-corrected chi connectivity index (χ0v) is 18.2. The number of benzene rings is 2. The minimum Gasteiger partial charge on any atom is -0.497 e. The van der Waals surface area contributed by atoms with E-state index >= 15 is 0 Å². The molecule has 162 valence electrons. The lowest BCUT2D eigenvalue weighted by Crippen LogP contribution is -2.50. The lowest BCUT2D eigenvalue weighted by Gasteiger charge is -2.35. The third-order valence-corrected chi connectivity index (χ3v) is 6.14. The van der Waals surface area contributed by atoms with Crippen molar-refractivity contribution in [3.63, 3.8) is 0 Å². The third kappa shape index (κ3) is 4.48. The fourth-order valence-corrected chi connectivity index (χ4v) is 4.53. The van der Waals surface area contributed by atoms with Crippen molar-refractivity contribution in [1.82, 2.24) is 4.90 Å². The number of carbonyl (C=O) groups is 2. The second kappa shape index (κ2) is 8.92. The zero-order chi connectivity index (χ0) is 21.8. The molecule has 2 aromatic carbocycles. The van der Waals surface area contributed by atoms with E-state index in [1.807, 2.05) is 55.5 Å². The summed E-state index contributed by atoms with van der Waals surface area (Å²) in [5.41, 5.74) is 2.37. The van der Waals surface area contributed by atoms with Crippen LogP contribution >= 0.6 is 0 Å². The summed E-state index contributed by atoms with van der Waals surface area (Å²) in [7, 11) is 1.61. The summed E-state index contributed by atoms with van der Waals surface area (Å²) in [6.45, 7) is 1.98. The van der Waals surface area contributed by atoms with Gasteiger partial charge in [0, 0.05) is 11.3 Å². The molecule has 2 aromatic rings. The molecule has 4 rings (SSSR count). The molecule has 0 aromatic heterocycles. The molecule has 0 unspecified atom stereocenters. The van der Waals surface area contributed by atoms with E-state index in [1.165, 1.54) is 0 Å². The van der Waals surface area contributed by atoms with Crippen LogP contribution in [0.15, 0.2) is 53.5 Å². The highest BCUT2D eigenvalue weighted by atomic mass is 16.5. The highest BCUT2D eigenvalue weighted by Gasteiger charge is 2.47. The van der Waals surface area contributed by atoms with Gasteiger partial charge in [-0.3, -0.25) is 14.6 Å². The Morgan fingerprint density at radius 1 is 1.10 bits per heavy atom. The van der Waals surface area contributed by atoms with Crippen LogP contribution in [0.2, 0.25) is 0 Å². The molecule has 1 aliphatic heterocycles. The van der Waals surface area contributed by atoms with Crippen molar-refractivity contribution < 1.29 is 14.3 Å². The highest BCUT2D eigenvalue weighted by molar-refractivity contribution is 6.47. The molecule has 1 spiro atoms. The largest absolute Gasteiger partial charge is 0.497 e. The van der Waals surface area contributed by atoms with Crippen molar-refractivity contribution in [2.24, 2.45) is 4.99 Å². The maximum atomic E-state index is 13.5. The first kappa shape index (κ1) is 21.1. The van der Waals surface area contributed by atoms with Crippen LogP contribution in [0.25, 0.3) is 0 Å². The number of amides is 2. The molecule has 0 atom stereocenters. The van der Waals surface area contributed by atoms with Gasteiger partial charge in [-0.1, -0.05) is 25.0 Å². The Bertz CT molecular complexity index is 989. The predicted molar refractivity (Wildman–Crippen MR) is 121 cm³/mol. The number of methoxy groups -OCH3 is 1. The first-order chi connectivity index (χ1) is 15.0. The number of anilines is 1. The summed E-state index contributed by atoms with van der Waals surface area (Å²) in [6.07, 6.45) is 5.84. The van der Waals surface area contributed by atoms with Crippen molar-refractivity contribution in [3.05, 3.63) is 59.7 Å². The maximum Gasteiger partial charge on any atom is 0.275 e. The Morgan fingerprint density at radius 3 is 2.45 bits per heavy atom. The second-order valence-corrected chi connectivity index (χ2v) is 8.39. The summed E-state index contributed by atoms with van der Waals surface area (Å²) < 4.78 is 5.24. The quantitative estimate of drug-likeness (QED) is 0.784. The summed E-state index contributed by atoms with van der Waals surface area (Å²) in [5, 5.41) is 2.94. The zero-order valence-electron chi connectivity index (χ0n) is 18.2. The van der Waals surface area contributed by atoms with Gasteiger partial charge in [0.15, 0.2) is 0 Å². The monoisotopic (exact) mass is 419 g/mol. The van der Waals surface area contributed by atoms with E-state index in [2.05, 4.69) is 5.32 Å². The lowest BCUT2D eigenvalue weighted by atomic mass is 10.00. The molecule has 1 heterocycles. The Kier molecular flexibility index (Phi) is 6.07. The predicted octanol–water partition coefficient (Wildman–Crippen LogP) is 4.32. The van der Waals surface area contributed by atoms with Crippen LogP contribution in [0.4, 0.5) is 5.69 Å². The molecule has 2 amide bonds. The van der Waals surface area contributed by atoms with Crippen molar-refractivity contribution in [1.29, 1.82) is 0 Å². The summed E-state index contributed by atoms with van der Waals surface area (Å²) in [5.74, 6) is 0.355. The number of hydrogen-bond donors (Lipinski definition) is 1. The Balaban J connectivity index is 1.60. The van der Waals surface area contributed by atoms with Crippen molar-refractivity contribution in [2.75, 3.05) is 19.0 Å². The molecule has 1 saturated carbocycles. The number of ether oxygens (including phenoxy) is 1. The van der Waals surface area contributed by atoms with E-state index in [1.54, 1.807) is 12.0 Å². The fraction of sp³-hybridized carbons (Fsp3) is 0.400. The molecule has 0 radical (unpaired) electrons. The SMILES string of the molecule is COc1ccc(C2=NC3(CCCCCC3)N(CC(=O)Nc3cccc(C)c3)C2=O)cc1. The van der Waals surface area contributed by atoms with E-state index in [0.29, 0.717) is 5.71 Å². The summed E-state index contributed by atoms with van der Waals surface area (Å²) in [6, 6.07) is 15.0. The van der Waals surface area contributed by atoms with Crippen molar-refractivity contribution in [2.45, 2.75) is 51.1 Å². The number of aryl methyl sites for hydroxylation is 1. The van der Waals surface area contributed by atoms with Crippen LogP contribution in [0, 0.1) is 6.92 Å². The van der Waals surface area contributed by atoms with Crippen molar-refractivity contribution >= 4 is 23.2 Å². The van der Waals surface area contributed by atoms with Crippen LogP contribution in [0.5, 0.6) is 5.75 Å². The van der Waals surface area contributed by atoms with Crippen LogP contribution < -0.4 is 10.1 Å². The van der Waals surface area contributed by atoms with E-state index in [0.717, 1.165) is 61.1 Å². The van der Waals surface area contributed by atoms with E-state index < -0.39 is 5.66 Å². The molecule has 0 saturated heterocycles. The van der Waals surface area contributed by atoms with E-state index in [9.17, 15) is 9.59 Å². The second-order valence-electron chi connectivity index (χ2n) is 8.39. The van der Waals surface area contributed by atoms with Crippen LogP contribution in [0.3, 0.4) is 0 Å². The van der Waals surface area contributed by atoms with Gasteiger partial charge in [-0.2, -0.15) is 0 Å². The highest BCUT2D eigenvalue weighted by Crippen LogP contribution is 2.38. The van der Waals surface area contributed by atoms with Gasteiger partial charge >= 0.3 is 0 Å². The average molecular weight is 420 g/mol. The molecule has 6 heteroatoms. The topological polar surface area (TPSA) is 71.0 Å². The average Bonchev–Trinajstić information content (AvgIpc) is 2.91. The van der Waals surface area contributed by atoms with Gasteiger partial charge in [-0.05, 0) is 74.6 Å². The Hall–Kier alpha value is -3.15. The minimum absolute atomic E-state index is 0.00404. The molecule has 0 bridgehead atoms. The molecule has 31 heavy (non-hydrogen) atoms. The van der Waals surface area contributed by atoms with Gasteiger partial charge < -0.3 is 15.0 Å². The molecule has 2 aliphatic rings. The number of nitrogens with one attached hydrogen (secondary N) is 1. The van der Waals surface area contributed by atoms with Crippen LogP contribution in [-0.4, -0.2) is 41.7 Å². The smallest absolute Gasteiger partial charge is 0.275 e. The Labute approximate surface area is 183 Å². The van der Waals surface area contributed by atoms with Gasteiger partial charge in [0.2, 0.25) is 5.91 Å². The molecule has 1 aliphatic carbocycles. The minimum atomic E-state index is -0.632. The van der Waals surface area contributed by atoms with Gasteiger partial charge in [0.25, 0.3) is 5.91 Å². The van der Waals surface area contributed by atoms with Gasteiger partial charge in [0.1, 0.15) is 23.7 Å². The number of hydrogen-bond acceptors (Lipinski definition) is 4. The molecular weight excluding hydrogens is 390 g/mol.